The summed E-state index contributed by atoms with van der Waals surface area (Å²) < 4.78 is 4.69. The van der Waals surface area contributed by atoms with Crippen molar-refractivity contribution in [1.82, 2.24) is 5.32 Å². The van der Waals surface area contributed by atoms with Crippen LogP contribution in [0.3, 0.4) is 0 Å². The topological polar surface area (TPSA) is 81.4 Å². The number of ether oxygens (including phenoxy) is 1. The molecule has 1 rings (SSSR count). The molecule has 0 spiro atoms. The number of carbonyl (C=O) groups excluding carboxylic acids is 2. The molecule has 14 heavy (non-hydrogen) atoms. The Morgan fingerprint density at radius 2 is 2.00 bits per heavy atom. The van der Waals surface area contributed by atoms with Gasteiger partial charge in [-0.2, -0.15) is 0 Å². The molecule has 0 saturated heterocycles. The molecule has 0 bridgehead atoms. The van der Waals surface area contributed by atoms with E-state index in [0.29, 0.717) is 12.8 Å². The van der Waals surface area contributed by atoms with Crippen LogP contribution < -0.4 is 11.1 Å². The van der Waals surface area contributed by atoms with E-state index in [-0.39, 0.29) is 18.4 Å². The molecule has 1 fully saturated rings. The van der Waals surface area contributed by atoms with Crippen molar-refractivity contribution in [3.8, 4) is 0 Å². The van der Waals surface area contributed by atoms with Gasteiger partial charge in [0.1, 0.15) is 5.54 Å². The van der Waals surface area contributed by atoms with E-state index in [9.17, 15) is 9.59 Å². The van der Waals surface area contributed by atoms with E-state index in [1.165, 1.54) is 7.11 Å². The monoisotopic (exact) mass is 200 g/mol. The summed E-state index contributed by atoms with van der Waals surface area (Å²) in [6.45, 7) is -0.0985. The molecule has 0 radical (unpaired) electrons. The van der Waals surface area contributed by atoms with E-state index in [4.69, 9.17) is 5.73 Å². The van der Waals surface area contributed by atoms with Crippen LogP contribution in [-0.2, 0) is 14.3 Å². The molecule has 1 aliphatic carbocycles. The number of amides is 1. The Bertz CT molecular complexity index is 234. The number of rotatable bonds is 3. The molecule has 0 aliphatic heterocycles. The average molecular weight is 200 g/mol. The number of nitrogens with two attached hydrogens (primary N) is 1. The van der Waals surface area contributed by atoms with Crippen molar-refractivity contribution in [1.29, 1.82) is 0 Å². The smallest absolute Gasteiger partial charge is 0.331 e. The van der Waals surface area contributed by atoms with Crippen LogP contribution in [0.2, 0.25) is 0 Å². The number of carbonyl (C=O) groups is 2. The lowest BCUT2D eigenvalue weighted by Crippen LogP contribution is -2.54. The minimum Gasteiger partial charge on any atom is -0.467 e. The van der Waals surface area contributed by atoms with Crippen molar-refractivity contribution >= 4 is 11.9 Å². The third-order valence-electron chi connectivity index (χ3n) is 2.60. The van der Waals surface area contributed by atoms with Gasteiger partial charge in [-0.1, -0.05) is 12.8 Å². The highest BCUT2D eigenvalue weighted by atomic mass is 16.5. The van der Waals surface area contributed by atoms with Crippen LogP contribution in [0.15, 0.2) is 0 Å². The Balaban J connectivity index is 2.71. The summed E-state index contributed by atoms with van der Waals surface area (Å²) in [6, 6.07) is 0. The van der Waals surface area contributed by atoms with Crippen molar-refractivity contribution < 1.29 is 14.3 Å². The molecule has 0 atom stereocenters. The fourth-order valence-corrected chi connectivity index (χ4v) is 1.87. The van der Waals surface area contributed by atoms with Crippen LogP contribution in [0.4, 0.5) is 0 Å². The Kier molecular flexibility index (Phi) is 3.46. The maximum atomic E-state index is 11.5. The summed E-state index contributed by atoms with van der Waals surface area (Å²) in [5.41, 5.74) is 4.37. The molecule has 0 aromatic carbocycles. The minimum absolute atomic E-state index is 0.0985. The highest BCUT2D eigenvalue weighted by molar-refractivity contribution is 5.89. The van der Waals surface area contributed by atoms with Crippen molar-refractivity contribution in [2.45, 2.75) is 31.2 Å². The molecule has 5 nitrogen and oxygen atoms in total. The first-order chi connectivity index (χ1) is 6.64. The van der Waals surface area contributed by atoms with Gasteiger partial charge in [0.05, 0.1) is 13.7 Å². The molecule has 0 unspecified atom stereocenters. The normalized spacial score (nSPS) is 19.0. The second-order valence-corrected chi connectivity index (χ2v) is 3.53. The average Bonchev–Trinajstić information content (AvgIpc) is 2.66. The predicted octanol–water partition coefficient (Wildman–Crippen LogP) is -0.453. The van der Waals surface area contributed by atoms with Crippen molar-refractivity contribution in [2.75, 3.05) is 13.7 Å². The molecule has 1 amide bonds. The summed E-state index contributed by atoms with van der Waals surface area (Å²) in [5.74, 6) is -0.672. The summed E-state index contributed by atoms with van der Waals surface area (Å²) in [4.78, 5) is 22.7. The van der Waals surface area contributed by atoms with Gasteiger partial charge in [0.2, 0.25) is 5.91 Å². The first kappa shape index (κ1) is 11.0. The molecule has 0 heterocycles. The second kappa shape index (κ2) is 4.41. The van der Waals surface area contributed by atoms with Crippen LogP contribution >= 0.6 is 0 Å². The number of nitrogens with one attached hydrogen (secondary N) is 1. The fraction of sp³-hybridized carbons (Fsp3) is 0.778. The van der Waals surface area contributed by atoms with E-state index in [1.807, 2.05) is 0 Å². The Morgan fingerprint density at radius 3 is 2.43 bits per heavy atom. The van der Waals surface area contributed by atoms with Crippen LogP contribution in [0.25, 0.3) is 0 Å². The lowest BCUT2D eigenvalue weighted by atomic mass is 9.98. The first-order valence-electron chi connectivity index (χ1n) is 4.74. The van der Waals surface area contributed by atoms with Gasteiger partial charge in [0.15, 0.2) is 0 Å². The molecule has 80 valence electrons. The maximum Gasteiger partial charge on any atom is 0.331 e. The molecule has 3 N–H and O–H groups in total. The van der Waals surface area contributed by atoms with Gasteiger partial charge in [-0.15, -0.1) is 0 Å². The molecule has 0 aromatic rings. The van der Waals surface area contributed by atoms with Crippen LogP contribution in [0.5, 0.6) is 0 Å². The quantitative estimate of drug-likeness (QED) is 0.604. The van der Waals surface area contributed by atoms with Gasteiger partial charge in [0, 0.05) is 0 Å². The van der Waals surface area contributed by atoms with E-state index in [2.05, 4.69) is 10.1 Å². The third kappa shape index (κ3) is 2.04. The molecular formula is C9H16N2O3. The highest BCUT2D eigenvalue weighted by Crippen LogP contribution is 2.30. The van der Waals surface area contributed by atoms with Crippen LogP contribution in [-0.4, -0.2) is 31.1 Å². The molecule has 1 saturated carbocycles. The van der Waals surface area contributed by atoms with Gasteiger partial charge >= 0.3 is 5.97 Å². The Morgan fingerprint density at radius 1 is 1.43 bits per heavy atom. The van der Waals surface area contributed by atoms with Crippen molar-refractivity contribution in [3.05, 3.63) is 0 Å². The van der Waals surface area contributed by atoms with Gasteiger partial charge in [-0.3, -0.25) is 4.79 Å². The lowest BCUT2D eigenvalue weighted by Gasteiger charge is -2.26. The van der Waals surface area contributed by atoms with Crippen LogP contribution in [0.1, 0.15) is 25.7 Å². The fourth-order valence-electron chi connectivity index (χ4n) is 1.87. The number of hydrogen-bond donors (Lipinski definition) is 2. The van der Waals surface area contributed by atoms with Gasteiger partial charge in [-0.25, -0.2) is 4.79 Å². The van der Waals surface area contributed by atoms with Gasteiger partial charge < -0.3 is 15.8 Å². The van der Waals surface area contributed by atoms with E-state index in [1.54, 1.807) is 0 Å². The molecular weight excluding hydrogens is 184 g/mol. The summed E-state index contributed by atoms with van der Waals surface area (Å²) in [6.07, 6.45) is 3.15. The van der Waals surface area contributed by atoms with E-state index >= 15 is 0 Å². The van der Waals surface area contributed by atoms with Crippen LogP contribution in [0, 0.1) is 0 Å². The lowest BCUT2D eigenvalue weighted by molar-refractivity contribution is -0.150. The highest BCUT2D eigenvalue weighted by Gasteiger charge is 2.43. The third-order valence-corrected chi connectivity index (χ3v) is 2.60. The first-order valence-corrected chi connectivity index (χ1v) is 4.74. The van der Waals surface area contributed by atoms with Gasteiger partial charge in [0.25, 0.3) is 0 Å². The zero-order valence-corrected chi connectivity index (χ0v) is 8.34. The Hall–Kier alpha value is -1.10. The second-order valence-electron chi connectivity index (χ2n) is 3.53. The number of methoxy groups -OCH3 is 1. The standard InChI is InChI=1S/C9H16N2O3/c1-14-8(13)9(4-2-3-5-9)11-7(12)6-10/h2-6,10H2,1H3,(H,11,12). The Labute approximate surface area is 83.0 Å². The predicted molar refractivity (Wildman–Crippen MR) is 50.4 cm³/mol. The zero-order valence-electron chi connectivity index (χ0n) is 8.34. The molecule has 1 aliphatic rings. The number of hydrogen-bond acceptors (Lipinski definition) is 4. The minimum atomic E-state index is -0.814. The SMILES string of the molecule is COC(=O)C1(NC(=O)CN)CCCC1. The summed E-state index contributed by atoms with van der Waals surface area (Å²) in [5, 5.41) is 2.65. The van der Waals surface area contributed by atoms with Crippen molar-refractivity contribution in [2.24, 2.45) is 5.73 Å². The molecule has 5 heteroatoms. The summed E-state index contributed by atoms with van der Waals surface area (Å²) >= 11 is 0. The largest absolute Gasteiger partial charge is 0.467 e. The van der Waals surface area contributed by atoms with E-state index < -0.39 is 5.54 Å². The van der Waals surface area contributed by atoms with Crippen molar-refractivity contribution in [3.63, 3.8) is 0 Å². The summed E-state index contributed by atoms with van der Waals surface area (Å²) in [7, 11) is 1.33. The van der Waals surface area contributed by atoms with E-state index in [0.717, 1.165) is 12.8 Å². The van der Waals surface area contributed by atoms with Gasteiger partial charge in [-0.05, 0) is 12.8 Å². The maximum absolute atomic E-state index is 11.5. The zero-order chi connectivity index (χ0) is 10.6. The number of esters is 1. The molecule has 0 aromatic heterocycles.